The molecule has 32 heavy (non-hydrogen) atoms. The van der Waals surface area contributed by atoms with Crippen molar-refractivity contribution in [3.63, 3.8) is 0 Å². The summed E-state index contributed by atoms with van der Waals surface area (Å²) in [6.07, 6.45) is 1.54. The predicted molar refractivity (Wildman–Crippen MR) is 114 cm³/mol. The molecule has 2 aromatic carbocycles. The first-order chi connectivity index (χ1) is 15.4. The van der Waals surface area contributed by atoms with Gasteiger partial charge in [-0.15, -0.1) is 5.10 Å². The van der Waals surface area contributed by atoms with Gasteiger partial charge in [0.1, 0.15) is 17.5 Å². The molecule has 0 saturated heterocycles. The van der Waals surface area contributed by atoms with E-state index in [0.29, 0.717) is 33.4 Å². The molecule has 1 atom stereocenters. The summed E-state index contributed by atoms with van der Waals surface area (Å²) in [4.78, 5) is 17.0. The van der Waals surface area contributed by atoms with Crippen LogP contribution in [0.3, 0.4) is 0 Å². The van der Waals surface area contributed by atoms with Crippen molar-refractivity contribution in [2.45, 2.75) is 19.3 Å². The highest BCUT2D eigenvalue weighted by Crippen LogP contribution is 2.40. The van der Waals surface area contributed by atoms with Gasteiger partial charge in [0, 0.05) is 34.6 Å². The Hall–Kier alpha value is -3.72. The van der Waals surface area contributed by atoms with Crippen LogP contribution in [0.4, 0.5) is 14.6 Å². The van der Waals surface area contributed by atoms with Gasteiger partial charge in [-0.25, -0.2) is 13.8 Å². The number of amides is 1. The summed E-state index contributed by atoms with van der Waals surface area (Å²) in [6, 6.07) is 10.3. The molecular weight excluding hydrogens is 438 g/mol. The standard InChI is InChI=1S/C22H15ClF2N6O/c1-11-20-17(13-6-15(24)8-16(25)7-13)9-19(32)28-21(20)31(30-11)22-27-18(10-26-29-22)12-2-4-14(23)5-3-12/h2-8,10,17H,9H2,1H3,(H,28,32)/t17-/m0/s1. The van der Waals surface area contributed by atoms with E-state index in [0.717, 1.165) is 11.6 Å². The van der Waals surface area contributed by atoms with E-state index in [9.17, 15) is 13.6 Å². The first kappa shape index (κ1) is 20.2. The van der Waals surface area contributed by atoms with Crippen LogP contribution >= 0.6 is 11.6 Å². The summed E-state index contributed by atoms with van der Waals surface area (Å²) in [5, 5.41) is 16.0. The van der Waals surface area contributed by atoms with Crippen molar-refractivity contribution in [2.24, 2.45) is 0 Å². The Balaban J connectivity index is 1.62. The van der Waals surface area contributed by atoms with Crippen molar-refractivity contribution in [1.29, 1.82) is 0 Å². The summed E-state index contributed by atoms with van der Waals surface area (Å²) in [7, 11) is 0. The summed E-state index contributed by atoms with van der Waals surface area (Å²) in [5.74, 6) is -1.79. The fraction of sp³-hybridized carbons (Fsp3) is 0.136. The number of anilines is 1. The molecule has 5 rings (SSSR count). The Morgan fingerprint density at radius 2 is 1.84 bits per heavy atom. The topological polar surface area (TPSA) is 85.6 Å². The Morgan fingerprint density at radius 1 is 1.12 bits per heavy atom. The van der Waals surface area contributed by atoms with Crippen LogP contribution in [0.1, 0.15) is 29.2 Å². The van der Waals surface area contributed by atoms with E-state index >= 15 is 0 Å². The fourth-order valence-electron chi connectivity index (χ4n) is 3.90. The number of aryl methyl sites for hydroxylation is 1. The molecule has 0 spiro atoms. The third-order valence-electron chi connectivity index (χ3n) is 5.27. The second kappa shape index (κ2) is 7.76. The van der Waals surface area contributed by atoms with Crippen LogP contribution in [0.25, 0.3) is 17.2 Å². The molecule has 1 N–H and O–H groups in total. The number of nitrogens with one attached hydrogen (secondary N) is 1. The Labute approximate surface area is 186 Å². The molecular formula is C22H15ClF2N6O. The maximum absolute atomic E-state index is 13.9. The second-order valence-electron chi connectivity index (χ2n) is 7.42. The largest absolute Gasteiger partial charge is 0.310 e. The van der Waals surface area contributed by atoms with Gasteiger partial charge in [-0.05, 0) is 36.8 Å². The van der Waals surface area contributed by atoms with Crippen LogP contribution in [0.15, 0.2) is 48.7 Å². The van der Waals surface area contributed by atoms with Crippen LogP contribution in [0, 0.1) is 18.6 Å². The molecule has 1 aliphatic heterocycles. The molecule has 10 heteroatoms. The first-order valence-electron chi connectivity index (χ1n) is 9.70. The molecule has 0 fully saturated rings. The van der Waals surface area contributed by atoms with Crippen molar-refractivity contribution >= 4 is 23.3 Å². The lowest BCUT2D eigenvalue weighted by molar-refractivity contribution is -0.116. The summed E-state index contributed by atoms with van der Waals surface area (Å²) in [5.41, 5.74) is 2.90. The average molecular weight is 453 g/mol. The number of nitrogens with zero attached hydrogens (tertiary/aromatic N) is 5. The fourth-order valence-corrected chi connectivity index (χ4v) is 4.02. The number of hydrogen-bond acceptors (Lipinski definition) is 5. The molecule has 0 bridgehead atoms. The molecule has 1 amide bonds. The highest BCUT2D eigenvalue weighted by atomic mass is 35.5. The van der Waals surface area contributed by atoms with Crippen LogP contribution in [0.2, 0.25) is 5.02 Å². The van der Waals surface area contributed by atoms with Crippen LogP contribution in [-0.4, -0.2) is 30.9 Å². The number of fused-ring (bicyclic) bond motifs is 1. The smallest absolute Gasteiger partial charge is 0.272 e. The lowest BCUT2D eigenvalue weighted by Crippen LogP contribution is -2.25. The third-order valence-corrected chi connectivity index (χ3v) is 5.52. The number of benzene rings is 2. The summed E-state index contributed by atoms with van der Waals surface area (Å²) in [6.45, 7) is 1.76. The summed E-state index contributed by atoms with van der Waals surface area (Å²) >= 11 is 5.96. The molecule has 7 nitrogen and oxygen atoms in total. The Bertz CT molecular complexity index is 1340. The normalized spacial score (nSPS) is 15.4. The van der Waals surface area contributed by atoms with E-state index in [1.165, 1.54) is 23.0 Å². The number of carbonyl (C=O) groups excluding carboxylic acids is 1. The van der Waals surface area contributed by atoms with Gasteiger partial charge in [-0.3, -0.25) is 4.79 Å². The van der Waals surface area contributed by atoms with Crippen molar-refractivity contribution in [3.05, 3.63) is 82.1 Å². The minimum Gasteiger partial charge on any atom is -0.310 e. The predicted octanol–water partition coefficient (Wildman–Crippen LogP) is 4.44. The lowest BCUT2D eigenvalue weighted by Gasteiger charge is -2.24. The van der Waals surface area contributed by atoms with Crippen molar-refractivity contribution in [1.82, 2.24) is 25.0 Å². The molecule has 0 saturated carbocycles. The number of aromatic nitrogens is 5. The molecule has 4 aromatic rings. The Morgan fingerprint density at radius 3 is 2.56 bits per heavy atom. The van der Waals surface area contributed by atoms with Crippen molar-refractivity contribution in [2.75, 3.05) is 5.32 Å². The number of carbonyl (C=O) groups is 1. The monoisotopic (exact) mass is 452 g/mol. The average Bonchev–Trinajstić information content (AvgIpc) is 3.09. The zero-order valence-corrected chi connectivity index (χ0v) is 17.4. The van der Waals surface area contributed by atoms with Crippen LogP contribution in [0.5, 0.6) is 0 Å². The molecule has 2 aromatic heterocycles. The number of halogens is 3. The van der Waals surface area contributed by atoms with Gasteiger partial charge in [0.25, 0.3) is 5.95 Å². The minimum atomic E-state index is -0.708. The maximum Gasteiger partial charge on any atom is 0.272 e. The SMILES string of the molecule is Cc1nn(-c2nncc(-c3ccc(Cl)cc3)n2)c2c1[C@H](c1cc(F)cc(F)c1)CC(=O)N2. The van der Waals surface area contributed by atoms with Crippen molar-refractivity contribution in [3.8, 4) is 17.2 Å². The van der Waals surface area contributed by atoms with Gasteiger partial charge in [0.2, 0.25) is 5.91 Å². The van der Waals surface area contributed by atoms with E-state index in [4.69, 9.17) is 11.6 Å². The van der Waals surface area contributed by atoms with E-state index in [-0.39, 0.29) is 18.3 Å². The molecule has 0 unspecified atom stereocenters. The van der Waals surface area contributed by atoms with E-state index in [2.05, 4.69) is 25.6 Å². The number of hydrogen-bond donors (Lipinski definition) is 1. The zero-order chi connectivity index (χ0) is 22.4. The first-order valence-corrected chi connectivity index (χ1v) is 10.1. The minimum absolute atomic E-state index is 0.0341. The Kier molecular flexibility index (Phi) is 4.90. The molecule has 0 radical (unpaired) electrons. The molecule has 0 aliphatic carbocycles. The van der Waals surface area contributed by atoms with Gasteiger partial charge in [-0.2, -0.15) is 14.9 Å². The number of rotatable bonds is 3. The van der Waals surface area contributed by atoms with Crippen LogP contribution in [-0.2, 0) is 4.79 Å². The van der Waals surface area contributed by atoms with E-state index in [1.54, 1.807) is 31.2 Å². The zero-order valence-electron chi connectivity index (χ0n) is 16.7. The molecule has 160 valence electrons. The van der Waals surface area contributed by atoms with Crippen molar-refractivity contribution < 1.29 is 13.6 Å². The lowest BCUT2D eigenvalue weighted by atomic mass is 9.85. The van der Waals surface area contributed by atoms with E-state index < -0.39 is 17.6 Å². The van der Waals surface area contributed by atoms with Crippen LogP contribution < -0.4 is 5.32 Å². The van der Waals surface area contributed by atoms with Gasteiger partial charge >= 0.3 is 0 Å². The highest BCUT2D eigenvalue weighted by molar-refractivity contribution is 6.30. The third kappa shape index (κ3) is 3.60. The summed E-state index contributed by atoms with van der Waals surface area (Å²) < 4.78 is 29.1. The van der Waals surface area contributed by atoms with Gasteiger partial charge < -0.3 is 5.32 Å². The maximum atomic E-state index is 13.9. The second-order valence-corrected chi connectivity index (χ2v) is 7.85. The molecule has 1 aliphatic rings. The van der Waals surface area contributed by atoms with Gasteiger partial charge in [0.15, 0.2) is 0 Å². The molecule has 3 heterocycles. The quantitative estimate of drug-likeness (QED) is 0.496. The highest BCUT2D eigenvalue weighted by Gasteiger charge is 2.33. The van der Waals surface area contributed by atoms with Gasteiger partial charge in [0.05, 0.1) is 17.6 Å². The van der Waals surface area contributed by atoms with Gasteiger partial charge in [-0.1, -0.05) is 23.7 Å². The van der Waals surface area contributed by atoms with E-state index in [1.807, 2.05) is 0 Å².